The molecular formula is C14H27ClN4. The van der Waals surface area contributed by atoms with Crippen molar-refractivity contribution in [1.29, 1.82) is 0 Å². The summed E-state index contributed by atoms with van der Waals surface area (Å²) in [6.45, 7) is 10.3. The summed E-state index contributed by atoms with van der Waals surface area (Å²) >= 11 is 6.43. The Kier molecular flexibility index (Phi) is 6.83. The van der Waals surface area contributed by atoms with Crippen molar-refractivity contribution in [3.8, 4) is 0 Å². The number of aromatic nitrogens is 2. The second kappa shape index (κ2) is 7.88. The van der Waals surface area contributed by atoms with E-state index in [9.17, 15) is 0 Å². The van der Waals surface area contributed by atoms with Gasteiger partial charge >= 0.3 is 0 Å². The second-order valence-electron chi connectivity index (χ2n) is 5.24. The van der Waals surface area contributed by atoms with Gasteiger partial charge in [0.05, 0.1) is 16.4 Å². The average Bonchev–Trinajstić information content (AvgIpc) is 2.66. The Labute approximate surface area is 122 Å². The minimum Gasteiger partial charge on any atom is -0.319 e. The van der Waals surface area contributed by atoms with Crippen LogP contribution < -0.4 is 5.32 Å². The number of hydrogen-bond donors (Lipinski definition) is 1. The Morgan fingerprint density at radius 1 is 1.42 bits per heavy atom. The fraction of sp³-hybridized carbons (Fsp3) is 0.786. The molecule has 1 heterocycles. The molecule has 0 saturated heterocycles. The van der Waals surface area contributed by atoms with Gasteiger partial charge in [-0.2, -0.15) is 5.10 Å². The molecule has 0 saturated carbocycles. The van der Waals surface area contributed by atoms with Crippen LogP contribution in [0.25, 0.3) is 0 Å². The van der Waals surface area contributed by atoms with Crippen molar-refractivity contribution in [2.45, 2.75) is 40.3 Å². The Morgan fingerprint density at radius 3 is 2.63 bits per heavy atom. The third-order valence-electron chi connectivity index (χ3n) is 3.29. The molecule has 0 spiro atoms. The van der Waals surface area contributed by atoms with Crippen LogP contribution in [-0.4, -0.2) is 41.9 Å². The molecule has 4 nitrogen and oxygen atoms in total. The van der Waals surface area contributed by atoms with Crippen LogP contribution in [0.3, 0.4) is 0 Å². The van der Waals surface area contributed by atoms with Crippen molar-refractivity contribution < 1.29 is 0 Å². The van der Waals surface area contributed by atoms with Gasteiger partial charge in [0.25, 0.3) is 0 Å². The van der Waals surface area contributed by atoms with Crippen LogP contribution in [0, 0.1) is 5.92 Å². The van der Waals surface area contributed by atoms with Gasteiger partial charge in [-0.05, 0) is 39.9 Å². The van der Waals surface area contributed by atoms with E-state index in [2.05, 4.69) is 43.1 Å². The van der Waals surface area contributed by atoms with Gasteiger partial charge in [0.15, 0.2) is 0 Å². The molecule has 1 aromatic heterocycles. The first-order valence-electron chi connectivity index (χ1n) is 7.10. The highest BCUT2D eigenvalue weighted by Gasteiger charge is 2.16. The van der Waals surface area contributed by atoms with Gasteiger partial charge < -0.3 is 10.2 Å². The first kappa shape index (κ1) is 16.5. The highest BCUT2D eigenvalue weighted by atomic mass is 35.5. The van der Waals surface area contributed by atoms with Gasteiger partial charge in [-0.15, -0.1) is 0 Å². The molecule has 0 aromatic carbocycles. The van der Waals surface area contributed by atoms with Crippen LogP contribution in [0.15, 0.2) is 0 Å². The van der Waals surface area contributed by atoms with Crippen molar-refractivity contribution in [1.82, 2.24) is 20.0 Å². The summed E-state index contributed by atoms with van der Waals surface area (Å²) in [7, 11) is 4.13. The maximum atomic E-state index is 6.43. The van der Waals surface area contributed by atoms with Crippen LogP contribution in [0.1, 0.15) is 32.2 Å². The van der Waals surface area contributed by atoms with E-state index in [0.29, 0.717) is 5.92 Å². The SMILES string of the molecule is CCc1nn(CC)c(CN(C)CC(C)CNC)c1Cl. The lowest BCUT2D eigenvalue weighted by Gasteiger charge is -2.21. The number of aryl methyl sites for hydroxylation is 2. The van der Waals surface area contributed by atoms with Gasteiger partial charge in [-0.25, -0.2) is 0 Å². The summed E-state index contributed by atoms with van der Waals surface area (Å²) in [6.07, 6.45) is 0.888. The molecule has 1 atom stereocenters. The van der Waals surface area contributed by atoms with Crippen molar-refractivity contribution in [3.05, 3.63) is 16.4 Å². The molecule has 0 radical (unpaired) electrons. The molecule has 1 unspecified atom stereocenters. The van der Waals surface area contributed by atoms with E-state index in [0.717, 1.165) is 49.0 Å². The highest BCUT2D eigenvalue weighted by molar-refractivity contribution is 6.31. The van der Waals surface area contributed by atoms with Crippen molar-refractivity contribution in [3.63, 3.8) is 0 Å². The van der Waals surface area contributed by atoms with E-state index >= 15 is 0 Å². The Morgan fingerprint density at radius 2 is 2.11 bits per heavy atom. The summed E-state index contributed by atoms with van der Waals surface area (Å²) in [5.41, 5.74) is 2.15. The monoisotopic (exact) mass is 286 g/mol. The molecule has 0 aliphatic heterocycles. The van der Waals surface area contributed by atoms with Gasteiger partial charge in [0.2, 0.25) is 0 Å². The lowest BCUT2D eigenvalue weighted by atomic mass is 10.1. The number of rotatable bonds is 8. The molecule has 5 heteroatoms. The van der Waals surface area contributed by atoms with Crippen LogP contribution >= 0.6 is 11.6 Å². The fourth-order valence-electron chi connectivity index (χ4n) is 2.43. The van der Waals surface area contributed by atoms with Gasteiger partial charge in [0, 0.05) is 19.6 Å². The Balaban J connectivity index is 2.72. The highest BCUT2D eigenvalue weighted by Crippen LogP contribution is 2.22. The first-order valence-corrected chi connectivity index (χ1v) is 7.48. The summed E-state index contributed by atoms with van der Waals surface area (Å²) in [4.78, 5) is 2.32. The third kappa shape index (κ3) is 4.48. The number of nitrogens with zero attached hydrogens (tertiary/aromatic N) is 3. The quantitative estimate of drug-likeness (QED) is 0.797. The molecule has 1 rings (SSSR count). The molecule has 0 bridgehead atoms. The maximum absolute atomic E-state index is 6.43. The predicted octanol–water partition coefficient (Wildman–Crippen LogP) is 2.41. The fourth-order valence-corrected chi connectivity index (χ4v) is 2.76. The molecule has 0 amide bonds. The zero-order valence-corrected chi connectivity index (χ0v) is 13.6. The van der Waals surface area contributed by atoms with Gasteiger partial charge in [0.1, 0.15) is 0 Å². The van der Waals surface area contributed by atoms with Crippen LogP contribution in [-0.2, 0) is 19.5 Å². The predicted molar refractivity (Wildman–Crippen MR) is 81.7 cm³/mol. The molecular weight excluding hydrogens is 260 g/mol. The summed E-state index contributed by atoms with van der Waals surface area (Å²) < 4.78 is 2.03. The van der Waals surface area contributed by atoms with E-state index in [1.165, 1.54) is 0 Å². The summed E-state index contributed by atoms with van der Waals surface area (Å²) in [5.74, 6) is 0.623. The zero-order valence-electron chi connectivity index (χ0n) is 12.8. The minimum absolute atomic E-state index is 0.623. The molecule has 1 N–H and O–H groups in total. The minimum atomic E-state index is 0.623. The van der Waals surface area contributed by atoms with E-state index < -0.39 is 0 Å². The van der Waals surface area contributed by atoms with Crippen molar-refractivity contribution in [2.75, 3.05) is 27.2 Å². The maximum Gasteiger partial charge on any atom is 0.0863 e. The number of nitrogens with one attached hydrogen (secondary N) is 1. The normalized spacial score (nSPS) is 13.2. The smallest absolute Gasteiger partial charge is 0.0863 e. The first-order chi connectivity index (χ1) is 9.03. The van der Waals surface area contributed by atoms with Crippen molar-refractivity contribution >= 4 is 11.6 Å². The molecule has 1 aromatic rings. The third-order valence-corrected chi connectivity index (χ3v) is 3.73. The number of halogens is 1. The number of hydrogen-bond acceptors (Lipinski definition) is 3. The van der Waals surface area contributed by atoms with Gasteiger partial charge in [-0.1, -0.05) is 25.4 Å². The molecule has 110 valence electrons. The average molecular weight is 287 g/mol. The van der Waals surface area contributed by atoms with Gasteiger partial charge in [-0.3, -0.25) is 4.68 Å². The van der Waals surface area contributed by atoms with Crippen LogP contribution in [0.5, 0.6) is 0 Å². The topological polar surface area (TPSA) is 33.1 Å². The molecule has 0 fully saturated rings. The molecule has 0 aliphatic rings. The molecule has 0 aliphatic carbocycles. The van der Waals surface area contributed by atoms with E-state index in [-0.39, 0.29) is 0 Å². The lowest BCUT2D eigenvalue weighted by Crippen LogP contribution is -2.30. The summed E-state index contributed by atoms with van der Waals surface area (Å²) in [6, 6.07) is 0. The zero-order chi connectivity index (χ0) is 14.4. The standard InChI is InChI=1S/C14H27ClN4/c1-6-12-14(15)13(19(7-2)17-12)10-18(5)9-11(3)8-16-4/h11,16H,6-10H2,1-5H3. The Hall–Kier alpha value is -0.580. The lowest BCUT2D eigenvalue weighted by molar-refractivity contribution is 0.269. The summed E-state index contributed by atoms with van der Waals surface area (Å²) in [5, 5.41) is 8.62. The van der Waals surface area contributed by atoms with Crippen LogP contribution in [0.2, 0.25) is 5.02 Å². The Bertz CT molecular complexity index is 389. The second-order valence-corrected chi connectivity index (χ2v) is 5.61. The van der Waals surface area contributed by atoms with E-state index in [4.69, 9.17) is 11.6 Å². The van der Waals surface area contributed by atoms with E-state index in [1.807, 2.05) is 11.7 Å². The van der Waals surface area contributed by atoms with E-state index in [1.54, 1.807) is 0 Å². The largest absolute Gasteiger partial charge is 0.319 e. The molecule has 19 heavy (non-hydrogen) atoms. The van der Waals surface area contributed by atoms with Crippen molar-refractivity contribution in [2.24, 2.45) is 5.92 Å². The van der Waals surface area contributed by atoms with Crippen LogP contribution in [0.4, 0.5) is 0 Å².